The number of rotatable bonds is 4. The number of pyridine rings is 1. The van der Waals surface area contributed by atoms with Crippen molar-refractivity contribution in [1.82, 2.24) is 24.7 Å². The Morgan fingerprint density at radius 3 is 2.46 bits per heavy atom. The summed E-state index contributed by atoms with van der Waals surface area (Å²) in [5.41, 5.74) is 9.60. The predicted molar refractivity (Wildman–Crippen MR) is 106 cm³/mol. The molecule has 1 amide bonds. The van der Waals surface area contributed by atoms with E-state index in [2.05, 4.69) is 25.4 Å². The molecule has 3 aromatic heterocycles. The van der Waals surface area contributed by atoms with E-state index in [1.165, 1.54) is 12.4 Å². The van der Waals surface area contributed by atoms with E-state index < -0.39 is 5.91 Å². The molecule has 8 nitrogen and oxygen atoms in total. The Hall–Kier alpha value is -4.07. The highest BCUT2D eigenvalue weighted by Crippen LogP contribution is 2.23. The highest BCUT2D eigenvalue weighted by atomic mass is 16.1. The second kappa shape index (κ2) is 7.28. The van der Waals surface area contributed by atoms with Gasteiger partial charge in [-0.3, -0.25) is 14.5 Å². The molecule has 0 radical (unpaired) electrons. The third-order valence-corrected chi connectivity index (χ3v) is 4.11. The summed E-state index contributed by atoms with van der Waals surface area (Å²) >= 11 is 0. The van der Waals surface area contributed by atoms with Gasteiger partial charge in [-0.1, -0.05) is 30.3 Å². The van der Waals surface area contributed by atoms with Crippen molar-refractivity contribution < 1.29 is 4.79 Å². The van der Waals surface area contributed by atoms with Gasteiger partial charge in [0.05, 0.1) is 35.7 Å². The van der Waals surface area contributed by atoms with Crippen LogP contribution in [0.2, 0.25) is 0 Å². The average Bonchev–Trinajstić information content (AvgIpc) is 3.17. The van der Waals surface area contributed by atoms with E-state index in [-0.39, 0.29) is 11.5 Å². The second-order valence-electron chi connectivity index (χ2n) is 6.14. The molecule has 28 heavy (non-hydrogen) atoms. The van der Waals surface area contributed by atoms with Crippen molar-refractivity contribution >= 4 is 17.4 Å². The quantitative estimate of drug-likeness (QED) is 0.570. The number of amides is 1. The highest BCUT2D eigenvalue weighted by molar-refractivity contribution is 6.03. The molecule has 0 unspecified atom stereocenters. The van der Waals surface area contributed by atoms with E-state index >= 15 is 0 Å². The summed E-state index contributed by atoms with van der Waals surface area (Å²) in [6.07, 6.45) is 6.45. The fourth-order valence-corrected chi connectivity index (χ4v) is 2.66. The van der Waals surface area contributed by atoms with Crippen LogP contribution in [0, 0.1) is 0 Å². The number of nitrogens with one attached hydrogen (secondary N) is 1. The van der Waals surface area contributed by atoms with E-state index in [0.29, 0.717) is 17.1 Å². The van der Waals surface area contributed by atoms with Gasteiger partial charge in [0, 0.05) is 24.4 Å². The van der Waals surface area contributed by atoms with E-state index in [1.807, 2.05) is 49.6 Å². The molecule has 0 atom stereocenters. The van der Waals surface area contributed by atoms with Crippen LogP contribution < -0.4 is 11.1 Å². The number of benzene rings is 1. The summed E-state index contributed by atoms with van der Waals surface area (Å²) in [6, 6.07) is 13.2. The van der Waals surface area contributed by atoms with Crippen LogP contribution in [-0.2, 0) is 7.05 Å². The van der Waals surface area contributed by atoms with Gasteiger partial charge >= 0.3 is 0 Å². The van der Waals surface area contributed by atoms with Crippen molar-refractivity contribution in [1.29, 1.82) is 0 Å². The first-order valence-corrected chi connectivity index (χ1v) is 8.54. The van der Waals surface area contributed by atoms with Gasteiger partial charge in [-0.25, -0.2) is 9.97 Å². The Balaban J connectivity index is 1.55. The van der Waals surface area contributed by atoms with Crippen molar-refractivity contribution in [3.8, 4) is 22.5 Å². The Labute approximate surface area is 161 Å². The minimum Gasteiger partial charge on any atom is -0.396 e. The molecule has 0 aliphatic carbocycles. The molecule has 0 aliphatic rings. The van der Waals surface area contributed by atoms with Gasteiger partial charge in [-0.15, -0.1) is 0 Å². The van der Waals surface area contributed by atoms with Crippen molar-refractivity contribution in [3.05, 3.63) is 72.9 Å². The van der Waals surface area contributed by atoms with E-state index in [4.69, 9.17) is 5.73 Å². The van der Waals surface area contributed by atoms with Crippen LogP contribution in [0.15, 0.2) is 67.3 Å². The van der Waals surface area contributed by atoms with Crippen LogP contribution in [0.3, 0.4) is 0 Å². The van der Waals surface area contributed by atoms with Gasteiger partial charge in [0.2, 0.25) is 0 Å². The molecule has 0 spiro atoms. The number of carbonyl (C=O) groups is 1. The summed E-state index contributed by atoms with van der Waals surface area (Å²) in [5, 5.41) is 6.80. The highest BCUT2D eigenvalue weighted by Gasteiger charge is 2.13. The maximum Gasteiger partial charge on any atom is 0.277 e. The molecule has 0 saturated carbocycles. The maximum absolute atomic E-state index is 12.5. The average molecular weight is 371 g/mol. The first-order chi connectivity index (χ1) is 13.6. The van der Waals surface area contributed by atoms with Gasteiger partial charge in [0.1, 0.15) is 5.69 Å². The Kier molecular flexibility index (Phi) is 4.51. The number of aromatic nitrogens is 5. The van der Waals surface area contributed by atoms with E-state index in [9.17, 15) is 4.79 Å². The lowest BCUT2D eigenvalue weighted by molar-refractivity contribution is 0.102. The van der Waals surface area contributed by atoms with E-state index in [0.717, 1.165) is 11.1 Å². The third kappa shape index (κ3) is 3.56. The van der Waals surface area contributed by atoms with Crippen molar-refractivity contribution in [2.24, 2.45) is 7.05 Å². The number of aryl methyl sites for hydroxylation is 1. The fraction of sp³-hybridized carbons (Fsp3) is 0.0500. The Bertz CT molecular complexity index is 1120. The zero-order valence-corrected chi connectivity index (χ0v) is 15.1. The molecule has 3 N–H and O–H groups in total. The number of nitrogens with two attached hydrogens (primary N) is 1. The number of carbonyl (C=O) groups excluding carboxylic acids is 1. The van der Waals surface area contributed by atoms with Crippen LogP contribution in [0.1, 0.15) is 10.5 Å². The molecular formula is C20H17N7O. The van der Waals surface area contributed by atoms with Gasteiger partial charge in [0.15, 0.2) is 5.82 Å². The first kappa shape index (κ1) is 17.3. The predicted octanol–water partition coefficient (Wildman–Crippen LogP) is 2.77. The Morgan fingerprint density at radius 1 is 0.964 bits per heavy atom. The number of hydrogen-bond donors (Lipinski definition) is 2. The maximum atomic E-state index is 12.5. The summed E-state index contributed by atoms with van der Waals surface area (Å²) in [6.45, 7) is 0. The number of nitrogens with zero attached hydrogens (tertiary/aromatic N) is 5. The van der Waals surface area contributed by atoms with Crippen molar-refractivity contribution in [2.75, 3.05) is 11.1 Å². The standard InChI is InChI=1S/C20H17N7O/c1-27-12-14(9-24-27)17-10-23-18(11-22-17)20(28)26-19-15(21)7-8-16(25-19)13-5-3-2-4-6-13/h2-12H,21H2,1H3,(H,25,26,28). The van der Waals surface area contributed by atoms with Crippen molar-refractivity contribution in [3.63, 3.8) is 0 Å². The molecule has 0 bridgehead atoms. The number of hydrogen-bond acceptors (Lipinski definition) is 6. The third-order valence-electron chi connectivity index (χ3n) is 4.11. The molecule has 0 aliphatic heterocycles. The normalized spacial score (nSPS) is 10.6. The fourth-order valence-electron chi connectivity index (χ4n) is 2.66. The molecule has 1 aromatic carbocycles. The largest absolute Gasteiger partial charge is 0.396 e. The van der Waals surface area contributed by atoms with Crippen LogP contribution in [-0.4, -0.2) is 30.6 Å². The molecule has 4 rings (SSSR count). The minimum atomic E-state index is -0.436. The lowest BCUT2D eigenvalue weighted by atomic mass is 10.1. The SMILES string of the molecule is Cn1cc(-c2cnc(C(=O)Nc3nc(-c4ccccc4)ccc3N)cn2)cn1. The molecule has 3 heterocycles. The smallest absolute Gasteiger partial charge is 0.277 e. The lowest BCUT2D eigenvalue weighted by Gasteiger charge is -2.09. The number of nitrogen functional groups attached to an aromatic ring is 1. The van der Waals surface area contributed by atoms with Crippen LogP contribution in [0.5, 0.6) is 0 Å². The monoisotopic (exact) mass is 371 g/mol. The summed E-state index contributed by atoms with van der Waals surface area (Å²) in [4.78, 5) is 25.5. The van der Waals surface area contributed by atoms with Crippen molar-refractivity contribution in [2.45, 2.75) is 0 Å². The molecule has 0 fully saturated rings. The molecule has 138 valence electrons. The van der Waals surface area contributed by atoms with Gasteiger partial charge in [0.25, 0.3) is 5.91 Å². The lowest BCUT2D eigenvalue weighted by Crippen LogP contribution is -2.16. The van der Waals surface area contributed by atoms with Gasteiger partial charge in [-0.2, -0.15) is 5.10 Å². The topological polar surface area (TPSA) is 112 Å². The Morgan fingerprint density at radius 2 is 1.79 bits per heavy atom. The van der Waals surface area contributed by atoms with Crippen LogP contribution in [0.4, 0.5) is 11.5 Å². The van der Waals surface area contributed by atoms with E-state index in [1.54, 1.807) is 16.9 Å². The van der Waals surface area contributed by atoms with Gasteiger partial charge < -0.3 is 11.1 Å². The number of anilines is 2. The zero-order chi connectivity index (χ0) is 19.5. The summed E-state index contributed by atoms with van der Waals surface area (Å²) in [7, 11) is 1.82. The molecule has 8 heteroatoms. The molecular weight excluding hydrogens is 354 g/mol. The van der Waals surface area contributed by atoms with Gasteiger partial charge in [-0.05, 0) is 12.1 Å². The minimum absolute atomic E-state index is 0.166. The second-order valence-corrected chi connectivity index (χ2v) is 6.14. The summed E-state index contributed by atoms with van der Waals surface area (Å²) in [5.74, 6) is -0.154. The van der Waals surface area contributed by atoms with Crippen LogP contribution in [0.25, 0.3) is 22.5 Å². The molecule has 0 saturated heterocycles. The first-order valence-electron chi connectivity index (χ1n) is 8.54. The molecule has 4 aromatic rings. The summed E-state index contributed by atoms with van der Waals surface area (Å²) < 4.78 is 1.67. The van der Waals surface area contributed by atoms with Crippen LogP contribution >= 0.6 is 0 Å². The zero-order valence-electron chi connectivity index (χ0n) is 15.1.